The summed E-state index contributed by atoms with van der Waals surface area (Å²) in [6.07, 6.45) is 1.83. The molecular weight excluding hydrogens is 140 g/mol. The minimum atomic E-state index is 0. The molecule has 0 aliphatic carbocycles. The summed E-state index contributed by atoms with van der Waals surface area (Å²) in [5.41, 5.74) is 0. The van der Waals surface area contributed by atoms with Crippen molar-refractivity contribution in [1.29, 1.82) is 0 Å². The van der Waals surface area contributed by atoms with Crippen LogP contribution in [-0.2, 0) is 9.59 Å². The third kappa shape index (κ3) is 45.1. The Morgan fingerprint density at radius 1 is 0.818 bits per heavy atom. The normalized spacial score (nSPS) is 7.82. The van der Waals surface area contributed by atoms with Crippen LogP contribution in [0.15, 0.2) is 0 Å². The molecule has 0 aromatic rings. The van der Waals surface area contributed by atoms with Crippen molar-refractivity contribution in [2.75, 3.05) is 0 Å². The van der Waals surface area contributed by atoms with Gasteiger partial charge in [-0.3, -0.25) is 0 Å². The zero-order valence-electron chi connectivity index (χ0n) is 7.13. The minimum absolute atomic E-state index is 0. The van der Waals surface area contributed by atoms with Crippen molar-refractivity contribution in [1.82, 2.24) is 0 Å². The van der Waals surface area contributed by atoms with Gasteiger partial charge >= 0.3 is 0 Å². The van der Waals surface area contributed by atoms with Gasteiger partial charge in [0.2, 0.25) is 0 Å². The molecule has 0 atom stereocenters. The number of carbonyl (C=O) groups is 2. The van der Waals surface area contributed by atoms with Crippen LogP contribution in [0.25, 0.3) is 0 Å². The fourth-order valence-electron chi connectivity index (χ4n) is 0. The fourth-order valence-corrected chi connectivity index (χ4v) is 0. The van der Waals surface area contributed by atoms with E-state index in [4.69, 9.17) is 0 Å². The van der Waals surface area contributed by atoms with Gasteiger partial charge in [0.05, 0.1) is 0 Å². The number of hydrogen-bond donors (Lipinski definition) is 0. The van der Waals surface area contributed by atoms with E-state index in [-0.39, 0.29) is 19.3 Å². The number of aldehydes is 2. The Labute approximate surface area is 70.0 Å². The predicted octanol–water partition coefficient (Wildman–Crippen LogP) is 2.32. The van der Waals surface area contributed by atoms with E-state index < -0.39 is 0 Å². The van der Waals surface area contributed by atoms with Gasteiger partial charge in [-0.05, 0) is 0 Å². The van der Waals surface area contributed by atoms with Gasteiger partial charge in [-0.25, -0.2) is 0 Å². The van der Waals surface area contributed by atoms with E-state index in [2.05, 4.69) is 0 Å². The SMILES string of the molecule is C.CC(C)C=O.CC(C)C=O. The molecule has 2 nitrogen and oxygen atoms in total. The fraction of sp³-hybridized carbons (Fsp3) is 0.778. The summed E-state index contributed by atoms with van der Waals surface area (Å²) in [6.45, 7) is 7.42. The summed E-state index contributed by atoms with van der Waals surface area (Å²) in [7, 11) is 0. The molecule has 0 N–H and O–H groups in total. The molecule has 0 spiro atoms. The lowest BCUT2D eigenvalue weighted by atomic mass is 10.3. The van der Waals surface area contributed by atoms with Crippen molar-refractivity contribution >= 4 is 12.6 Å². The van der Waals surface area contributed by atoms with Crippen LogP contribution in [0.5, 0.6) is 0 Å². The van der Waals surface area contributed by atoms with E-state index >= 15 is 0 Å². The summed E-state index contributed by atoms with van der Waals surface area (Å²) < 4.78 is 0. The van der Waals surface area contributed by atoms with E-state index in [9.17, 15) is 9.59 Å². The first-order valence-corrected chi connectivity index (χ1v) is 3.45. The molecule has 0 aliphatic rings. The van der Waals surface area contributed by atoms with Crippen molar-refractivity contribution in [3.05, 3.63) is 0 Å². The maximum Gasteiger partial charge on any atom is 0.122 e. The Balaban J connectivity index is -0.000000107. The first kappa shape index (κ1) is 16.7. The summed E-state index contributed by atoms with van der Waals surface area (Å²) >= 11 is 0. The van der Waals surface area contributed by atoms with Gasteiger partial charge in [0.25, 0.3) is 0 Å². The summed E-state index contributed by atoms with van der Waals surface area (Å²) in [6, 6.07) is 0. The van der Waals surface area contributed by atoms with Crippen LogP contribution in [0, 0.1) is 11.8 Å². The maximum absolute atomic E-state index is 9.50. The molecule has 0 saturated carbocycles. The quantitative estimate of drug-likeness (QED) is 0.581. The smallest absolute Gasteiger partial charge is 0.122 e. The number of rotatable bonds is 2. The Hall–Kier alpha value is -0.660. The molecule has 2 heteroatoms. The standard InChI is InChI=1S/2C4H8O.CH4/c2*1-4(2)3-5;/h2*3-4H,1-2H3;1H4. The minimum Gasteiger partial charge on any atom is -0.303 e. The van der Waals surface area contributed by atoms with Crippen molar-refractivity contribution in [2.45, 2.75) is 35.1 Å². The molecule has 0 aliphatic heterocycles. The largest absolute Gasteiger partial charge is 0.303 e. The van der Waals surface area contributed by atoms with Crippen LogP contribution < -0.4 is 0 Å². The first-order chi connectivity index (χ1) is 4.54. The van der Waals surface area contributed by atoms with E-state index in [1.165, 1.54) is 0 Å². The van der Waals surface area contributed by atoms with Crippen LogP contribution in [0.1, 0.15) is 35.1 Å². The van der Waals surface area contributed by atoms with E-state index in [1.807, 2.05) is 27.7 Å². The molecule has 0 saturated heterocycles. The molecule has 0 radical (unpaired) electrons. The van der Waals surface area contributed by atoms with Gasteiger partial charge in [-0.2, -0.15) is 0 Å². The van der Waals surface area contributed by atoms with Crippen molar-refractivity contribution < 1.29 is 9.59 Å². The van der Waals surface area contributed by atoms with Crippen LogP contribution in [0.2, 0.25) is 0 Å². The van der Waals surface area contributed by atoms with Gasteiger partial charge in [0.1, 0.15) is 12.6 Å². The van der Waals surface area contributed by atoms with E-state index in [0.717, 1.165) is 12.6 Å². The van der Waals surface area contributed by atoms with Crippen LogP contribution in [0.4, 0.5) is 0 Å². The summed E-state index contributed by atoms with van der Waals surface area (Å²) in [5.74, 6) is 0.407. The van der Waals surface area contributed by atoms with Gasteiger partial charge in [0, 0.05) is 11.8 Å². The predicted molar refractivity (Wildman–Crippen MR) is 48.5 cm³/mol. The molecule has 0 bridgehead atoms. The third-order valence-corrected chi connectivity index (χ3v) is 0.544. The molecule has 0 fully saturated rings. The molecule has 0 heterocycles. The molecule has 0 unspecified atom stereocenters. The van der Waals surface area contributed by atoms with Crippen LogP contribution in [0.3, 0.4) is 0 Å². The Kier molecular flexibility index (Phi) is 18.4. The Morgan fingerprint density at radius 2 is 0.909 bits per heavy atom. The zero-order chi connectivity index (χ0) is 8.57. The van der Waals surface area contributed by atoms with Gasteiger partial charge in [0.15, 0.2) is 0 Å². The van der Waals surface area contributed by atoms with Crippen molar-refractivity contribution in [2.24, 2.45) is 11.8 Å². The molecule has 0 aromatic heterocycles. The zero-order valence-corrected chi connectivity index (χ0v) is 7.13. The highest BCUT2D eigenvalue weighted by Crippen LogP contribution is 1.78. The number of hydrogen-bond acceptors (Lipinski definition) is 2. The lowest BCUT2D eigenvalue weighted by Crippen LogP contribution is -1.82. The highest BCUT2D eigenvalue weighted by atomic mass is 16.1. The van der Waals surface area contributed by atoms with Gasteiger partial charge in [-0.15, -0.1) is 0 Å². The Bertz CT molecular complexity index is 73.6. The highest BCUT2D eigenvalue weighted by molar-refractivity contribution is 5.52. The Morgan fingerprint density at radius 3 is 0.909 bits per heavy atom. The van der Waals surface area contributed by atoms with Crippen molar-refractivity contribution in [3.8, 4) is 0 Å². The average Bonchev–Trinajstić information content (AvgIpc) is 1.89. The molecular formula is C9H20O2. The molecule has 11 heavy (non-hydrogen) atoms. The second kappa shape index (κ2) is 12.1. The molecule has 0 aromatic carbocycles. The first-order valence-electron chi connectivity index (χ1n) is 3.45. The van der Waals surface area contributed by atoms with Gasteiger partial charge in [-0.1, -0.05) is 35.1 Å². The molecule has 68 valence electrons. The lowest BCUT2D eigenvalue weighted by Gasteiger charge is -1.78. The van der Waals surface area contributed by atoms with Crippen LogP contribution >= 0.6 is 0 Å². The molecule has 0 amide bonds. The average molecular weight is 160 g/mol. The summed E-state index contributed by atoms with van der Waals surface area (Å²) in [5, 5.41) is 0. The number of carbonyl (C=O) groups excluding carboxylic acids is 2. The highest BCUT2D eigenvalue weighted by Gasteiger charge is 1.80. The summed E-state index contributed by atoms with van der Waals surface area (Å²) in [4.78, 5) is 19.0. The monoisotopic (exact) mass is 160 g/mol. The van der Waals surface area contributed by atoms with Gasteiger partial charge < -0.3 is 9.59 Å². The van der Waals surface area contributed by atoms with E-state index in [1.54, 1.807) is 0 Å². The maximum atomic E-state index is 9.50. The van der Waals surface area contributed by atoms with Crippen LogP contribution in [-0.4, -0.2) is 12.6 Å². The second-order valence-electron chi connectivity index (χ2n) is 2.76. The van der Waals surface area contributed by atoms with E-state index in [0.29, 0.717) is 0 Å². The third-order valence-electron chi connectivity index (χ3n) is 0.544. The topological polar surface area (TPSA) is 34.1 Å². The second-order valence-corrected chi connectivity index (χ2v) is 2.76. The van der Waals surface area contributed by atoms with Crippen molar-refractivity contribution in [3.63, 3.8) is 0 Å². The molecule has 0 rings (SSSR count). The lowest BCUT2D eigenvalue weighted by molar-refractivity contribution is -0.110.